The van der Waals surface area contributed by atoms with Crippen molar-refractivity contribution in [2.45, 2.75) is 40.2 Å². The first-order valence-corrected chi connectivity index (χ1v) is 6.92. The molecule has 1 aromatic rings. The lowest BCUT2D eigenvalue weighted by Gasteiger charge is -2.25. The van der Waals surface area contributed by atoms with Gasteiger partial charge in [-0.05, 0) is 62.3 Å². The molecule has 1 N–H and O–H groups in total. The second-order valence-electron chi connectivity index (χ2n) is 5.73. The minimum Gasteiger partial charge on any atom is -0.312 e. The highest BCUT2D eigenvalue weighted by molar-refractivity contribution is 5.21. The highest BCUT2D eigenvalue weighted by atomic mass is 14.9. The third kappa shape index (κ3) is 3.67. The van der Waals surface area contributed by atoms with Gasteiger partial charge < -0.3 is 5.32 Å². The van der Waals surface area contributed by atoms with Crippen molar-refractivity contribution in [2.75, 3.05) is 6.54 Å². The van der Waals surface area contributed by atoms with Crippen LogP contribution in [0.15, 0.2) is 30.1 Å². The first-order valence-electron chi connectivity index (χ1n) is 6.92. The number of nitrogens with one attached hydrogen (secondary N) is 1. The van der Waals surface area contributed by atoms with Crippen molar-refractivity contribution in [3.05, 3.63) is 41.2 Å². The first kappa shape index (κ1) is 13.3. The van der Waals surface area contributed by atoms with E-state index in [4.69, 9.17) is 0 Å². The summed E-state index contributed by atoms with van der Waals surface area (Å²) in [5.41, 5.74) is 4.19. The molecule has 0 saturated heterocycles. The van der Waals surface area contributed by atoms with Gasteiger partial charge in [-0.25, -0.2) is 0 Å². The number of pyridine rings is 1. The molecule has 1 aliphatic carbocycles. The van der Waals surface area contributed by atoms with E-state index in [1.807, 2.05) is 12.4 Å². The Labute approximate surface area is 111 Å². The molecule has 0 radical (unpaired) electrons. The third-order valence-corrected chi connectivity index (χ3v) is 3.77. The van der Waals surface area contributed by atoms with Crippen LogP contribution < -0.4 is 5.32 Å². The van der Waals surface area contributed by atoms with E-state index in [2.05, 4.69) is 43.2 Å². The maximum atomic E-state index is 4.13. The Hall–Kier alpha value is -1.15. The van der Waals surface area contributed by atoms with Crippen LogP contribution in [0.25, 0.3) is 0 Å². The zero-order valence-corrected chi connectivity index (χ0v) is 11.7. The summed E-state index contributed by atoms with van der Waals surface area (Å²) in [6.45, 7) is 8.79. The number of hydrogen-bond donors (Lipinski definition) is 1. The number of aryl methyl sites for hydroxylation is 1. The van der Waals surface area contributed by atoms with E-state index in [0.717, 1.165) is 24.9 Å². The highest BCUT2D eigenvalue weighted by Gasteiger charge is 2.17. The summed E-state index contributed by atoms with van der Waals surface area (Å²) in [5.74, 6) is 1.54. The van der Waals surface area contributed by atoms with E-state index >= 15 is 0 Å². The lowest BCUT2D eigenvalue weighted by molar-refractivity contribution is 0.381. The van der Waals surface area contributed by atoms with Gasteiger partial charge in [0.15, 0.2) is 0 Å². The molecule has 0 spiro atoms. The standard InChI is InChI=1S/C16H24N2/c1-12-6-13(2)8-15(7-12)10-18-11-16-4-5-17-9-14(16)3/h4-6,9,12,15,18H,7-8,10-11H2,1-3H3. The summed E-state index contributed by atoms with van der Waals surface area (Å²) in [7, 11) is 0. The van der Waals surface area contributed by atoms with Gasteiger partial charge in [0.1, 0.15) is 0 Å². The van der Waals surface area contributed by atoms with Crippen LogP contribution in [-0.4, -0.2) is 11.5 Å². The summed E-state index contributed by atoms with van der Waals surface area (Å²) in [6, 6.07) is 2.11. The van der Waals surface area contributed by atoms with Crippen LogP contribution >= 0.6 is 0 Å². The van der Waals surface area contributed by atoms with Crippen molar-refractivity contribution in [2.24, 2.45) is 11.8 Å². The van der Waals surface area contributed by atoms with Gasteiger partial charge in [0, 0.05) is 18.9 Å². The van der Waals surface area contributed by atoms with Gasteiger partial charge in [0.2, 0.25) is 0 Å². The zero-order chi connectivity index (χ0) is 13.0. The van der Waals surface area contributed by atoms with E-state index in [-0.39, 0.29) is 0 Å². The number of hydrogen-bond acceptors (Lipinski definition) is 2. The van der Waals surface area contributed by atoms with Crippen molar-refractivity contribution in [1.29, 1.82) is 0 Å². The summed E-state index contributed by atoms with van der Waals surface area (Å²) < 4.78 is 0. The Morgan fingerprint density at radius 1 is 1.39 bits per heavy atom. The number of rotatable bonds is 4. The van der Waals surface area contributed by atoms with Gasteiger partial charge in [0.05, 0.1) is 0 Å². The molecule has 0 saturated carbocycles. The molecule has 0 fully saturated rings. The predicted octanol–water partition coefficient (Wildman–Crippen LogP) is 3.47. The SMILES string of the molecule is CC1=CC(C)CC(CNCc2ccncc2C)C1. The molecule has 1 aromatic heterocycles. The Bertz CT molecular complexity index is 423. The van der Waals surface area contributed by atoms with Crippen LogP contribution in [-0.2, 0) is 6.54 Å². The average Bonchev–Trinajstić information content (AvgIpc) is 2.30. The van der Waals surface area contributed by atoms with Crippen molar-refractivity contribution >= 4 is 0 Å². The normalized spacial score (nSPS) is 23.8. The maximum Gasteiger partial charge on any atom is 0.0300 e. The summed E-state index contributed by atoms with van der Waals surface area (Å²) in [4.78, 5) is 4.13. The lowest BCUT2D eigenvalue weighted by Crippen LogP contribution is -2.26. The fourth-order valence-electron chi connectivity index (χ4n) is 2.95. The van der Waals surface area contributed by atoms with Crippen molar-refractivity contribution in [3.8, 4) is 0 Å². The molecule has 2 unspecified atom stereocenters. The van der Waals surface area contributed by atoms with E-state index in [9.17, 15) is 0 Å². The second kappa shape index (κ2) is 6.14. The van der Waals surface area contributed by atoms with Crippen LogP contribution in [0.3, 0.4) is 0 Å². The minimum atomic E-state index is 0.744. The van der Waals surface area contributed by atoms with Crippen molar-refractivity contribution in [3.63, 3.8) is 0 Å². The molecule has 1 aliphatic rings. The quantitative estimate of drug-likeness (QED) is 0.820. The van der Waals surface area contributed by atoms with Gasteiger partial charge >= 0.3 is 0 Å². The molecule has 18 heavy (non-hydrogen) atoms. The summed E-state index contributed by atoms with van der Waals surface area (Å²) in [6.07, 6.45) is 8.81. The molecule has 0 bridgehead atoms. The Balaban J connectivity index is 1.80. The Morgan fingerprint density at radius 3 is 2.94 bits per heavy atom. The summed E-state index contributed by atoms with van der Waals surface area (Å²) >= 11 is 0. The molecular formula is C16H24N2. The van der Waals surface area contributed by atoms with Crippen LogP contribution in [0.5, 0.6) is 0 Å². The Morgan fingerprint density at radius 2 is 2.22 bits per heavy atom. The second-order valence-corrected chi connectivity index (χ2v) is 5.73. The summed E-state index contributed by atoms with van der Waals surface area (Å²) in [5, 5.41) is 3.60. The lowest BCUT2D eigenvalue weighted by atomic mass is 9.84. The fraction of sp³-hybridized carbons (Fsp3) is 0.562. The number of allylic oxidation sites excluding steroid dienone is 2. The van der Waals surface area contributed by atoms with Gasteiger partial charge in [-0.3, -0.25) is 4.98 Å². The Kier molecular flexibility index (Phi) is 4.54. The van der Waals surface area contributed by atoms with Crippen LogP contribution in [0.2, 0.25) is 0 Å². The largest absolute Gasteiger partial charge is 0.312 e. The minimum absolute atomic E-state index is 0.744. The van der Waals surface area contributed by atoms with Gasteiger partial charge in [-0.1, -0.05) is 18.6 Å². The van der Waals surface area contributed by atoms with Crippen LogP contribution in [0.4, 0.5) is 0 Å². The fourth-order valence-corrected chi connectivity index (χ4v) is 2.95. The first-order chi connectivity index (χ1) is 8.65. The third-order valence-electron chi connectivity index (χ3n) is 3.77. The number of aromatic nitrogens is 1. The molecule has 2 rings (SSSR count). The molecule has 0 aromatic carbocycles. The zero-order valence-electron chi connectivity index (χ0n) is 11.7. The predicted molar refractivity (Wildman–Crippen MR) is 76.3 cm³/mol. The van der Waals surface area contributed by atoms with Crippen molar-refractivity contribution < 1.29 is 0 Å². The monoisotopic (exact) mass is 244 g/mol. The molecule has 2 nitrogen and oxygen atoms in total. The molecular weight excluding hydrogens is 220 g/mol. The van der Waals surface area contributed by atoms with Crippen molar-refractivity contribution in [1.82, 2.24) is 10.3 Å². The molecule has 2 heteroatoms. The van der Waals surface area contributed by atoms with Gasteiger partial charge in [-0.15, -0.1) is 0 Å². The van der Waals surface area contributed by atoms with E-state index in [1.54, 1.807) is 5.57 Å². The van der Waals surface area contributed by atoms with E-state index in [1.165, 1.54) is 24.0 Å². The number of nitrogens with zero attached hydrogens (tertiary/aromatic N) is 1. The van der Waals surface area contributed by atoms with E-state index < -0.39 is 0 Å². The topological polar surface area (TPSA) is 24.9 Å². The van der Waals surface area contributed by atoms with Gasteiger partial charge in [-0.2, -0.15) is 0 Å². The highest BCUT2D eigenvalue weighted by Crippen LogP contribution is 2.27. The van der Waals surface area contributed by atoms with E-state index in [0.29, 0.717) is 0 Å². The van der Waals surface area contributed by atoms with Gasteiger partial charge in [0.25, 0.3) is 0 Å². The maximum absolute atomic E-state index is 4.13. The van der Waals surface area contributed by atoms with Crippen LogP contribution in [0.1, 0.15) is 37.8 Å². The van der Waals surface area contributed by atoms with Crippen LogP contribution in [0, 0.1) is 18.8 Å². The molecule has 2 atom stereocenters. The smallest absolute Gasteiger partial charge is 0.0300 e. The molecule has 0 aliphatic heterocycles. The molecule has 0 amide bonds. The average molecular weight is 244 g/mol. The molecule has 98 valence electrons. The molecule has 1 heterocycles.